The van der Waals surface area contributed by atoms with Gasteiger partial charge in [-0.3, -0.25) is 19.2 Å². The second-order valence-electron chi connectivity index (χ2n) is 17.4. The molecule has 0 spiro atoms. The van der Waals surface area contributed by atoms with Crippen LogP contribution < -0.4 is 27.0 Å². The Morgan fingerprint density at radius 2 is 1.49 bits per heavy atom. The Labute approximate surface area is 331 Å². The number of Topliss-reactive ketones (excluding diaryl/α,β-unsaturated/α-hetero) is 2. The van der Waals surface area contributed by atoms with Crippen LogP contribution in [0.5, 0.6) is 0 Å². The number of rotatable bonds is 30. The summed E-state index contributed by atoms with van der Waals surface area (Å²) in [5, 5.41) is 15.2. The molecule has 0 aromatic heterocycles. The summed E-state index contributed by atoms with van der Waals surface area (Å²) in [6.07, 6.45) is 5.04. The fourth-order valence-electron chi connectivity index (χ4n) is 6.29. The van der Waals surface area contributed by atoms with Gasteiger partial charge in [-0.1, -0.05) is 34.1 Å². The van der Waals surface area contributed by atoms with Crippen molar-refractivity contribution in [2.75, 3.05) is 46.9 Å². The van der Waals surface area contributed by atoms with Gasteiger partial charge in [-0.15, -0.1) is 0 Å². The van der Waals surface area contributed by atoms with E-state index in [-0.39, 0.29) is 53.1 Å². The number of amides is 1. The van der Waals surface area contributed by atoms with Gasteiger partial charge < -0.3 is 36.5 Å². The van der Waals surface area contributed by atoms with Crippen LogP contribution in [0.25, 0.3) is 0 Å². The molecular formula is C41H76N6O8. The molecule has 318 valence electrons. The second kappa shape index (κ2) is 23.0. The van der Waals surface area contributed by atoms with Crippen LogP contribution >= 0.6 is 0 Å². The number of nitrogens with one attached hydrogen (secondary N) is 4. The van der Waals surface area contributed by atoms with Gasteiger partial charge in [-0.2, -0.15) is 5.06 Å². The molecule has 0 bridgehead atoms. The standard InChI is InChI=1S/C41H76N6O8/c1-28(2)45-31(18-15-17-24-43-33(48)21-20-30-29(3)36(51)55-37(30)52)34(49)39(6,7)41(10,11)46-32(19-14-16-23-42)35(50)40(8,9)44-25-26-47(12)54-27-22-38(4,5)53-13/h28,31-32,44-46H,14-27,42H2,1-13H3,(H,43,48). The molecule has 0 aromatic carbocycles. The number of ether oxygens (including phenoxy) is 2. The molecule has 6 N–H and O–H groups in total. The molecule has 1 amide bonds. The van der Waals surface area contributed by atoms with E-state index in [1.165, 1.54) is 6.92 Å². The highest BCUT2D eigenvalue weighted by Crippen LogP contribution is 2.35. The van der Waals surface area contributed by atoms with Gasteiger partial charge in [0.15, 0.2) is 11.6 Å². The van der Waals surface area contributed by atoms with Crippen molar-refractivity contribution >= 4 is 29.4 Å². The highest BCUT2D eigenvalue weighted by Gasteiger charge is 2.48. The molecule has 2 atom stereocenters. The summed E-state index contributed by atoms with van der Waals surface area (Å²) in [6, 6.07) is -0.884. The minimum Gasteiger partial charge on any atom is -0.386 e. The Bertz CT molecular complexity index is 1310. The Kier molecular flexibility index (Phi) is 21.1. The smallest absolute Gasteiger partial charge is 0.342 e. The zero-order chi connectivity index (χ0) is 42.2. The van der Waals surface area contributed by atoms with E-state index in [1.807, 2.05) is 76.3 Å². The molecule has 0 radical (unpaired) electrons. The largest absolute Gasteiger partial charge is 0.386 e. The van der Waals surface area contributed by atoms with Crippen molar-refractivity contribution in [1.29, 1.82) is 0 Å². The maximum Gasteiger partial charge on any atom is 0.342 e. The van der Waals surface area contributed by atoms with Crippen LogP contribution in [-0.4, -0.2) is 116 Å². The van der Waals surface area contributed by atoms with E-state index in [0.29, 0.717) is 58.5 Å². The SMILES string of the molecule is COC(C)(C)CCON(C)CCNC(C)(C)C(=O)C(CCCCN)NC(C)(C)C(C)(C)C(=O)C(CCCCNC(=O)CCC1=C(C)C(=O)OC1=O)NC(C)C. The summed E-state index contributed by atoms with van der Waals surface area (Å²) in [4.78, 5) is 70.3. The highest BCUT2D eigenvalue weighted by atomic mass is 16.7. The molecule has 0 fully saturated rings. The zero-order valence-electron chi connectivity index (χ0n) is 36.4. The topological polar surface area (TPSA) is 190 Å². The normalized spacial score (nSPS) is 15.6. The fraction of sp³-hybridized carbons (Fsp3) is 0.829. The Morgan fingerprint density at radius 3 is 2.05 bits per heavy atom. The van der Waals surface area contributed by atoms with Crippen LogP contribution in [0.1, 0.15) is 134 Å². The van der Waals surface area contributed by atoms with Crippen molar-refractivity contribution < 1.29 is 38.3 Å². The molecule has 14 nitrogen and oxygen atoms in total. The summed E-state index contributed by atoms with van der Waals surface area (Å²) < 4.78 is 10.1. The molecule has 55 heavy (non-hydrogen) atoms. The molecule has 0 aliphatic carbocycles. The third kappa shape index (κ3) is 16.8. The van der Waals surface area contributed by atoms with Crippen molar-refractivity contribution in [1.82, 2.24) is 26.3 Å². The van der Waals surface area contributed by atoms with Crippen LogP contribution in [0.15, 0.2) is 11.1 Å². The van der Waals surface area contributed by atoms with E-state index in [9.17, 15) is 24.0 Å². The van der Waals surface area contributed by atoms with Crippen LogP contribution in [0.3, 0.4) is 0 Å². The quantitative estimate of drug-likeness (QED) is 0.0306. The molecule has 1 rings (SSSR count). The first-order valence-electron chi connectivity index (χ1n) is 20.1. The first kappa shape index (κ1) is 50.4. The highest BCUT2D eigenvalue weighted by molar-refractivity contribution is 6.12. The van der Waals surface area contributed by atoms with Gasteiger partial charge in [0.05, 0.1) is 29.8 Å². The summed E-state index contributed by atoms with van der Waals surface area (Å²) in [5.74, 6) is -1.49. The average molecular weight is 781 g/mol. The number of nitrogens with two attached hydrogens (primary N) is 1. The summed E-state index contributed by atoms with van der Waals surface area (Å²) in [7, 11) is 3.56. The van der Waals surface area contributed by atoms with Crippen molar-refractivity contribution in [3.8, 4) is 0 Å². The lowest BCUT2D eigenvalue weighted by Crippen LogP contribution is -2.65. The number of esters is 2. The number of cyclic esters (lactones) is 2. The van der Waals surface area contributed by atoms with Crippen molar-refractivity contribution in [2.45, 2.75) is 169 Å². The third-order valence-electron chi connectivity index (χ3n) is 11.0. The second-order valence-corrected chi connectivity index (χ2v) is 17.4. The summed E-state index contributed by atoms with van der Waals surface area (Å²) in [5.41, 5.74) is 3.58. The molecule has 0 aromatic rings. The van der Waals surface area contributed by atoms with E-state index in [0.717, 1.165) is 19.3 Å². The number of methoxy groups -OCH3 is 1. The van der Waals surface area contributed by atoms with E-state index in [1.54, 1.807) is 12.2 Å². The Morgan fingerprint density at radius 1 is 0.873 bits per heavy atom. The number of carbonyl (C=O) groups is 5. The van der Waals surface area contributed by atoms with Gasteiger partial charge in [0.1, 0.15) is 0 Å². The molecule has 0 saturated heterocycles. The number of hydroxylamine groups is 2. The Hall–Kier alpha value is -2.59. The number of unbranched alkanes of at least 4 members (excludes halogenated alkanes) is 2. The van der Waals surface area contributed by atoms with Crippen molar-refractivity contribution in [3.63, 3.8) is 0 Å². The number of likely N-dealkylation sites (N-methyl/N-ethyl adjacent to an activating group) is 1. The maximum atomic E-state index is 14.4. The van der Waals surface area contributed by atoms with E-state index in [2.05, 4.69) is 26.0 Å². The molecule has 1 aliphatic heterocycles. The molecule has 0 saturated carbocycles. The van der Waals surface area contributed by atoms with E-state index in [4.69, 9.17) is 15.3 Å². The molecular weight excluding hydrogens is 704 g/mol. The molecule has 14 heteroatoms. The molecule has 1 aliphatic rings. The first-order chi connectivity index (χ1) is 25.4. The van der Waals surface area contributed by atoms with E-state index < -0.39 is 40.5 Å². The first-order valence-corrected chi connectivity index (χ1v) is 20.1. The predicted molar refractivity (Wildman–Crippen MR) is 216 cm³/mol. The summed E-state index contributed by atoms with van der Waals surface area (Å²) in [6.45, 7) is 23.8. The van der Waals surface area contributed by atoms with Gasteiger partial charge in [0.2, 0.25) is 5.91 Å². The monoisotopic (exact) mass is 781 g/mol. The minimum atomic E-state index is -0.870. The summed E-state index contributed by atoms with van der Waals surface area (Å²) >= 11 is 0. The van der Waals surface area contributed by atoms with Gasteiger partial charge in [-0.05, 0) is 93.5 Å². The number of carbonyl (C=O) groups excluding carboxylic acids is 5. The lowest BCUT2D eigenvalue weighted by molar-refractivity contribution is -0.152. The number of ketones is 2. The average Bonchev–Trinajstić information content (AvgIpc) is 3.33. The minimum absolute atomic E-state index is 0.0219. The van der Waals surface area contributed by atoms with Crippen LogP contribution in [0.4, 0.5) is 0 Å². The van der Waals surface area contributed by atoms with Gasteiger partial charge in [0.25, 0.3) is 0 Å². The molecule has 2 unspecified atom stereocenters. The number of nitrogens with zero attached hydrogens (tertiary/aromatic N) is 1. The molecule has 1 heterocycles. The van der Waals surface area contributed by atoms with Gasteiger partial charge in [-0.25, -0.2) is 9.59 Å². The number of hydrogen-bond acceptors (Lipinski definition) is 13. The predicted octanol–water partition coefficient (Wildman–Crippen LogP) is 3.90. The van der Waals surface area contributed by atoms with Crippen LogP contribution in [-0.2, 0) is 38.3 Å². The van der Waals surface area contributed by atoms with Crippen molar-refractivity contribution in [2.24, 2.45) is 11.1 Å². The Balaban J connectivity index is 2.89. The van der Waals surface area contributed by atoms with Crippen molar-refractivity contribution in [3.05, 3.63) is 11.1 Å². The maximum absolute atomic E-state index is 14.4. The number of hydrogen-bond donors (Lipinski definition) is 5. The van der Waals surface area contributed by atoms with Gasteiger partial charge >= 0.3 is 11.9 Å². The zero-order valence-corrected chi connectivity index (χ0v) is 36.4. The van der Waals surface area contributed by atoms with Gasteiger partial charge in [0, 0.05) is 74.8 Å². The lowest BCUT2D eigenvalue weighted by Gasteiger charge is -2.46. The lowest BCUT2D eigenvalue weighted by atomic mass is 9.68. The third-order valence-corrected chi connectivity index (χ3v) is 11.0. The fourth-order valence-corrected chi connectivity index (χ4v) is 6.29. The van der Waals surface area contributed by atoms with Crippen LogP contribution in [0, 0.1) is 5.41 Å². The van der Waals surface area contributed by atoms with E-state index >= 15 is 0 Å². The van der Waals surface area contributed by atoms with Crippen LogP contribution in [0.2, 0.25) is 0 Å².